The molecule has 1 aromatic heterocycles. The molecule has 0 saturated heterocycles. The molecule has 2 aromatic rings. The number of allylic oxidation sites excluding steroid dienone is 1. The number of pyridine rings is 1. The fourth-order valence-corrected chi connectivity index (χ4v) is 2.98. The maximum Gasteiger partial charge on any atom is 0.417 e. The van der Waals surface area contributed by atoms with Crippen molar-refractivity contribution in [3.8, 4) is 6.07 Å². The Morgan fingerprint density at radius 1 is 1.26 bits per heavy atom. The number of carbonyl (C=O) groups is 1. The SMILES string of the molecule is CS(=O)(=N/C=C(\C#N)C(=O)c1ccc(Cl)cc1)c1ccc(C(F)(F)F)cn1. The van der Waals surface area contributed by atoms with Crippen molar-refractivity contribution in [3.05, 3.63) is 70.5 Å². The number of rotatable bonds is 4. The van der Waals surface area contributed by atoms with E-state index in [9.17, 15) is 22.2 Å². The van der Waals surface area contributed by atoms with Gasteiger partial charge in [-0.25, -0.2) is 13.6 Å². The second-order valence-electron chi connectivity index (χ2n) is 5.28. The van der Waals surface area contributed by atoms with Crippen LogP contribution in [0.2, 0.25) is 5.02 Å². The van der Waals surface area contributed by atoms with E-state index in [2.05, 4.69) is 9.35 Å². The van der Waals surface area contributed by atoms with Gasteiger partial charge in [-0.05, 0) is 36.4 Å². The first-order chi connectivity index (χ1) is 12.5. The van der Waals surface area contributed by atoms with E-state index in [0.29, 0.717) is 11.2 Å². The smallest absolute Gasteiger partial charge is 0.288 e. The highest BCUT2D eigenvalue weighted by atomic mass is 35.5. The molecule has 0 amide bonds. The summed E-state index contributed by atoms with van der Waals surface area (Å²) in [7, 11) is -3.25. The monoisotopic (exact) mass is 413 g/mol. The van der Waals surface area contributed by atoms with Crippen LogP contribution in [-0.4, -0.2) is 21.2 Å². The minimum absolute atomic E-state index is 0.178. The van der Waals surface area contributed by atoms with E-state index >= 15 is 0 Å². The number of alkyl halides is 3. The molecule has 0 aliphatic heterocycles. The third kappa shape index (κ3) is 5.15. The largest absolute Gasteiger partial charge is 0.417 e. The zero-order chi connectivity index (χ0) is 20.2. The van der Waals surface area contributed by atoms with Crippen molar-refractivity contribution >= 4 is 27.1 Å². The maximum absolute atomic E-state index is 12.6. The number of aromatic nitrogens is 1. The second-order valence-corrected chi connectivity index (χ2v) is 7.95. The number of hydrogen-bond acceptors (Lipinski definition) is 5. The lowest BCUT2D eigenvalue weighted by Crippen LogP contribution is -2.08. The van der Waals surface area contributed by atoms with E-state index in [1.165, 1.54) is 24.3 Å². The van der Waals surface area contributed by atoms with Crippen molar-refractivity contribution < 1.29 is 22.2 Å². The zero-order valence-corrected chi connectivity index (χ0v) is 15.3. The minimum atomic E-state index is -4.57. The van der Waals surface area contributed by atoms with Crippen LogP contribution >= 0.6 is 11.6 Å². The first-order valence-corrected chi connectivity index (χ1v) is 9.50. The molecule has 140 valence electrons. The van der Waals surface area contributed by atoms with Crippen molar-refractivity contribution in [2.75, 3.05) is 6.26 Å². The lowest BCUT2D eigenvalue weighted by Gasteiger charge is -2.07. The Morgan fingerprint density at radius 2 is 1.89 bits per heavy atom. The number of hydrogen-bond donors (Lipinski definition) is 0. The predicted molar refractivity (Wildman–Crippen MR) is 93.5 cm³/mol. The fraction of sp³-hybridized carbons (Fsp3) is 0.118. The van der Waals surface area contributed by atoms with Gasteiger partial charge in [0.25, 0.3) is 0 Å². The highest BCUT2D eigenvalue weighted by molar-refractivity contribution is 7.92. The van der Waals surface area contributed by atoms with Gasteiger partial charge in [0, 0.05) is 23.0 Å². The summed E-state index contributed by atoms with van der Waals surface area (Å²) in [6.07, 6.45) is -2.06. The van der Waals surface area contributed by atoms with Gasteiger partial charge in [0.1, 0.15) is 16.7 Å². The summed E-state index contributed by atoms with van der Waals surface area (Å²) in [6, 6.07) is 9.09. The topological polar surface area (TPSA) is 83.2 Å². The molecule has 2 rings (SSSR count). The maximum atomic E-state index is 12.6. The summed E-state index contributed by atoms with van der Waals surface area (Å²) in [4.78, 5) is 15.8. The Hall–Kier alpha value is -2.70. The number of nitrogens with zero attached hydrogens (tertiary/aromatic N) is 3. The van der Waals surface area contributed by atoms with Crippen LogP contribution in [0.4, 0.5) is 13.2 Å². The number of nitriles is 1. The van der Waals surface area contributed by atoms with Gasteiger partial charge in [-0.3, -0.25) is 4.79 Å². The summed E-state index contributed by atoms with van der Waals surface area (Å²) in [6.45, 7) is 0. The molecule has 1 aromatic carbocycles. The number of Topliss-reactive ketones (excluding diaryl/α,β-unsaturated/α-hetero) is 1. The van der Waals surface area contributed by atoms with Crippen molar-refractivity contribution in [2.45, 2.75) is 11.2 Å². The summed E-state index contributed by atoms with van der Waals surface area (Å²) in [5, 5.41) is 9.35. The predicted octanol–water partition coefficient (Wildman–Crippen LogP) is 4.50. The molecule has 0 N–H and O–H groups in total. The molecule has 27 heavy (non-hydrogen) atoms. The zero-order valence-electron chi connectivity index (χ0n) is 13.7. The van der Waals surface area contributed by atoms with E-state index in [4.69, 9.17) is 16.9 Å². The molecule has 0 bridgehead atoms. The van der Waals surface area contributed by atoms with Crippen LogP contribution in [0.1, 0.15) is 15.9 Å². The van der Waals surface area contributed by atoms with Gasteiger partial charge < -0.3 is 0 Å². The second kappa shape index (κ2) is 7.90. The van der Waals surface area contributed by atoms with E-state index in [-0.39, 0.29) is 16.2 Å². The molecule has 0 aliphatic rings. The number of carbonyl (C=O) groups excluding carboxylic acids is 1. The number of ketones is 1. The van der Waals surface area contributed by atoms with Gasteiger partial charge in [-0.15, -0.1) is 0 Å². The van der Waals surface area contributed by atoms with Gasteiger partial charge in [-0.1, -0.05) is 11.6 Å². The van der Waals surface area contributed by atoms with Crippen LogP contribution in [-0.2, 0) is 15.9 Å². The van der Waals surface area contributed by atoms with Crippen LogP contribution in [0.15, 0.2) is 63.8 Å². The molecular weight excluding hydrogens is 403 g/mol. The number of halogens is 4. The van der Waals surface area contributed by atoms with Gasteiger partial charge in [0.15, 0.2) is 0 Å². The first-order valence-electron chi connectivity index (χ1n) is 7.19. The van der Waals surface area contributed by atoms with Crippen LogP contribution in [0.3, 0.4) is 0 Å². The average Bonchev–Trinajstić information content (AvgIpc) is 2.62. The van der Waals surface area contributed by atoms with E-state index in [0.717, 1.165) is 24.6 Å². The Bertz CT molecular complexity index is 1050. The van der Waals surface area contributed by atoms with Crippen molar-refractivity contribution in [1.82, 2.24) is 4.98 Å². The summed E-state index contributed by atoms with van der Waals surface area (Å²) >= 11 is 5.73. The van der Waals surface area contributed by atoms with Crippen molar-refractivity contribution in [2.24, 2.45) is 4.36 Å². The van der Waals surface area contributed by atoms with E-state index in [1.54, 1.807) is 6.07 Å². The van der Waals surface area contributed by atoms with E-state index < -0.39 is 27.3 Å². The van der Waals surface area contributed by atoms with Crippen molar-refractivity contribution in [3.63, 3.8) is 0 Å². The van der Waals surface area contributed by atoms with Gasteiger partial charge >= 0.3 is 6.18 Å². The fourth-order valence-electron chi connectivity index (χ4n) is 1.87. The highest BCUT2D eigenvalue weighted by Crippen LogP contribution is 2.29. The molecule has 0 fully saturated rings. The summed E-state index contributed by atoms with van der Waals surface area (Å²) < 4.78 is 54.0. The third-order valence-electron chi connectivity index (χ3n) is 3.31. The van der Waals surface area contributed by atoms with E-state index in [1.807, 2.05) is 0 Å². The quantitative estimate of drug-likeness (QED) is 0.419. The molecule has 0 saturated carbocycles. The van der Waals surface area contributed by atoms with Crippen LogP contribution in [0.5, 0.6) is 0 Å². The highest BCUT2D eigenvalue weighted by Gasteiger charge is 2.31. The summed E-state index contributed by atoms with van der Waals surface area (Å²) in [5.41, 5.74) is -1.20. The Labute approximate surface area is 158 Å². The normalized spacial score (nSPS) is 14.1. The van der Waals surface area contributed by atoms with Gasteiger partial charge in [-0.2, -0.15) is 18.4 Å². The van der Waals surface area contributed by atoms with Crippen molar-refractivity contribution in [1.29, 1.82) is 5.26 Å². The molecule has 5 nitrogen and oxygen atoms in total. The minimum Gasteiger partial charge on any atom is -0.288 e. The first kappa shape index (κ1) is 20.6. The van der Waals surface area contributed by atoms with Gasteiger partial charge in [0.2, 0.25) is 5.78 Å². The average molecular weight is 414 g/mol. The summed E-state index contributed by atoms with van der Waals surface area (Å²) in [5.74, 6) is -0.659. The van der Waals surface area contributed by atoms with Gasteiger partial charge in [0.05, 0.1) is 21.5 Å². The standard InChI is InChI=1S/C17H11ClF3N3O2S/c1-27(26,15-7-4-13(10-23-15)17(19,20)21)24-9-12(8-22)16(25)11-2-5-14(18)6-3-11/h2-7,9-10H,1H3/b12-9+. The molecule has 1 heterocycles. The molecule has 1 atom stereocenters. The molecule has 0 aliphatic carbocycles. The molecule has 0 spiro atoms. The lowest BCUT2D eigenvalue weighted by molar-refractivity contribution is -0.137. The molecule has 1 unspecified atom stereocenters. The van der Waals surface area contributed by atoms with Crippen LogP contribution in [0, 0.1) is 11.3 Å². The molecule has 0 radical (unpaired) electrons. The number of benzene rings is 1. The molecule has 10 heteroatoms. The third-order valence-corrected chi connectivity index (χ3v) is 5.08. The van der Waals surface area contributed by atoms with Crippen LogP contribution < -0.4 is 0 Å². The Kier molecular flexibility index (Phi) is 6.03. The Morgan fingerprint density at radius 3 is 2.37 bits per heavy atom. The Balaban J connectivity index is 2.36. The molecular formula is C17H11ClF3N3O2S. The van der Waals surface area contributed by atoms with Crippen LogP contribution in [0.25, 0.3) is 0 Å². The lowest BCUT2D eigenvalue weighted by atomic mass is 10.1.